The van der Waals surface area contributed by atoms with Gasteiger partial charge in [0.1, 0.15) is 5.75 Å². The number of nitrogens with zero attached hydrogens (tertiary/aromatic N) is 2. The molecule has 5 nitrogen and oxygen atoms in total. The second kappa shape index (κ2) is 7.81. The van der Waals surface area contributed by atoms with Gasteiger partial charge in [-0.05, 0) is 56.0 Å². The molecule has 0 unspecified atom stereocenters. The van der Waals surface area contributed by atoms with E-state index in [0.29, 0.717) is 5.02 Å². The summed E-state index contributed by atoms with van der Waals surface area (Å²) in [4.78, 5) is 12.1. The lowest BCUT2D eigenvalue weighted by molar-refractivity contribution is 0.0888. The molecule has 2 aromatic rings. The van der Waals surface area contributed by atoms with E-state index in [1.807, 2.05) is 24.3 Å². The molecule has 1 aliphatic carbocycles. The van der Waals surface area contributed by atoms with E-state index in [1.54, 1.807) is 12.1 Å². The average molecular weight is 366 g/mol. The van der Waals surface area contributed by atoms with Gasteiger partial charge in [-0.3, -0.25) is 4.79 Å². The third-order valence-corrected chi connectivity index (χ3v) is 4.41. The molecule has 1 aromatic heterocycles. The van der Waals surface area contributed by atoms with Gasteiger partial charge in [-0.2, -0.15) is 0 Å². The molecular weight excluding hydrogens is 349 g/mol. The van der Waals surface area contributed by atoms with Crippen LogP contribution in [0.15, 0.2) is 36.4 Å². The predicted octanol–water partition coefficient (Wildman–Crippen LogP) is 3.90. The van der Waals surface area contributed by atoms with Crippen LogP contribution in [0.5, 0.6) is 5.75 Å². The van der Waals surface area contributed by atoms with Gasteiger partial charge in [-0.25, -0.2) is 0 Å². The Labute approximate surface area is 150 Å². The summed E-state index contributed by atoms with van der Waals surface area (Å²) in [5.74, 6) is 0.560. The molecule has 1 N–H and O–H groups in total. The van der Waals surface area contributed by atoms with Crippen molar-refractivity contribution >= 4 is 29.1 Å². The van der Waals surface area contributed by atoms with Gasteiger partial charge < -0.3 is 10.1 Å². The fourth-order valence-electron chi connectivity index (χ4n) is 2.75. The van der Waals surface area contributed by atoms with Crippen LogP contribution in [0, 0.1) is 0 Å². The maximum Gasteiger partial charge on any atom is 0.272 e. The van der Waals surface area contributed by atoms with Crippen molar-refractivity contribution < 1.29 is 9.53 Å². The Balaban J connectivity index is 1.48. The molecule has 1 aliphatic rings. The molecular formula is C17H17Cl2N3O2. The number of benzene rings is 1. The number of nitrogens with one attached hydrogen (secondary N) is 1. The Kier molecular flexibility index (Phi) is 5.53. The van der Waals surface area contributed by atoms with E-state index in [2.05, 4.69) is 15.5 Å². The van der Waals surface area contributed by atoms with Gasteiger partial charge in [0.25, 0.3) is 5.91 Å². The zero-order valence-electron chi connectivity index (χ0n) is 12.9. The predicted molar refractivity (Wildman–Crippen MR) is 92.6 cm³/mol. The minimum absolute atomic E-state index is 0.120. The van der Waals surface area contributed by atoms with Gasteiger partial charge in [0, 0.05) is 11.1 Å². The highest BCUT2D eigenvalue weighted by atomic mass is 35.5. The second-order valence-electron chi connectivity index (χ2n) is 5.76. The van der Waals surface area contributed by atoms with Crippen molar-refractivity contribution in [3.05, 3.63) is 52.3 Å². The highest BCUT2D eigenvalue weighted by Crippen LogP contribution is 2.25. The van der Waals surface area contributed by atoms with Crippen molar-refractivity contribution in [3.8, 4) is 5.75 Å². The average Bonchev–Trinajstić information content (AvgIpc) is 2.57. The standard InChI is InChI=1S/C17H17Cl2N3O2/c18-11-2-1-3-14(10-11)24-13-6-4-12(5-7-13)20-17(23)15-8-9-16(19)22-21-15/h1-3,8-10,12-13H,4-7H2,(H,20,23). The van der Waals surface area contributed by atoms with Crippen molar-refractivity contribution in [3.63, 3.8) is 0 Å². The Morgan fingerprint density at radius 3 is 2.54 bits per heavy atom. The Bertz CT molecular complexity index is 701. The lowest BCUT2D eigenvalue weighted by Gasteiger charge is -2.29. The molecule has 0 spiro atoms. The largest absolute Gasteiger partial charge is 0.490 e. The smallest absolute Gasteiger partial charge is 0.272 e. The molecule has 24 heavy (non-hydrogen) atoms. The summed E-state index contributed by atoms with van der Waals surface area (Å²) in [5.41, 5.74) is 0.275. The Morgan fingerprint density at radius 2 is 1.88 bits per heavy atom. The van der Waals surface area contributed by atoms with Gasteiger partial charge in [0.15, 0.2) is 10.8 Å². The molecule has 1 amide bonds. The summed E-state index contributed by atoms with van der Waals surface area (Å²) in [6.45, 7) is 0. The van der Waals surface area contributed by atoms with Crippen molar-refractivity contribution in [2.45, 2.75) is 37.8 Å². The highest BCUT2D eigenvalue weighted by molar-refractivity contribution is 6.30. The monoisotopic (exact) mass is 365 g/mol. The minimum Gasteiger partial charge on any atom is -0.490 e. The van der Waals surface area contributed by atoms with Crippen LogP contribution < -0.4 is 10.1 Å². The minimum atomic E-state index is -0.224. The summed E-state index contributed by atoms with van der Waals surface area (Å²) in [5, 5.41) is 11.4. The van der Waals surface area contributed by atoms with Crippen LogP contribution in [0.4, 0.5) is 0 Å². The maximum atomic E-state index is 12.1. The van der Waals surface area contributed by atoms with Crippen LogP contribution in [-0.4, -0.2) is 28.3 Å². The van der Waals surface area contributed by atoms with Crippen LogP contribution in [0.1, 0.15) is 36.2 Å². The molecule has 0 atom stereocenters. The summed E-state index contributed by atoms with van der Waals surface area (Å²) in [6.07, 6.45) is 3.62. The van der Waals surface area contributed by atoms with Crippen molar-refractivity contribution in [2.75, 3.05) is 0 Å². The number of carbonyl (C=O) groups excluding carboxylic acids is 1. The zero-order chi connectivity index (χ0) is 16.9. The molecule has 0 aliphatic heterocycles. The van der Waals surface area contributed by atoms with Gasteiger partial charge in [0.05, 0.1) is 6.10 Å². The van der Waals surface area contributed by atoms with E-state index in [9.17, 15) is 4.79 Å². The second-order valence-corrected chi connectivity index (χ2v) is 6.59. The summed E-state index contributed by atoms with van der Waals surface area (Å²) in [6, 6.07) is 10.6. The summed E-state index contributed by atoms with van der Waals surface area (Å²) in [7, 11) is 0. The van der Waals surface area contributed by atoms with Gasteiger partial charge in [0.2, 0.25) is 0 Å². The van der Waals surface area contributed by atoms with Gasteiger partial charge in [-0.1, -0.05) is 29.3 Å². The SMILES string of the molecule is O=C(NC1CCC(Oc2cccc(Cl)c2)CC1)c1ccc(Cl)nn1. The van der Waals surface area contributed by atoms with E-state index in [4.69, 9.17) is 27.9 Å². The van der Waals surface area contributed by atoms with Gasteiger partial charge >= 0.3 is 0 Å². The first-order valence-corrected chi connectivity index (χ1v) is 8.58. The summed E-state index contributed by atoms with van der Waals surface area (Å²) < 4.78 is 5.95. The fourth-order valence-corrected chi connectivity index (χ4v) is 3.04. The normalized spacial score (nSPS) is 20.4. The lowest BCUT2D eigenvalue weighted by Crippen LogP contribution is -2.40. The molecule has 0 radical (unpaired) electrons. The van der Waals surface area contributed by atoms with Crippen molar-refractivity contribution in [1.29, 1.82) is 0 Å². The molecule has 0 saturated heterocycles. The zero-order valence-corrected chi connectivity index (χ0v) is 14.4. The first-order valence-electron chi connectivity index (χ1n) is 7.82. The van der Waals surface area contributed by atoms with E-state index in [0.717, 1.165) is 31.4 Å². The molecule has 1 heterocycles. The Morgan fingerprint density at radius 1 is 1.08 bits per heavy atom. The molecule has 1 aromatic carbocycles. The molecule has 1 fully saturated rings. The van der Waals surface area contributed by atoms with Crippen molar-refractivity contribution in [2.24, 2.45) is 0 Å². The van der Waals surface area contributed by atoms with Crippen molar-refractivity contribution in [1.82, 2.24) is 15.5 Å². The van der Waals surface area contributed by atoms with E-state index in [1.165, 1.54) is 0 Å². The van der Waals surface area contributed by atoms with Crippen LogP contribution >= 0.6 is 23.2 Å². The number of hydrogen-bond acceptors (Lipinski definition) is 4. The molecule has 126 valence electrons. The number of halogens is 2. The Hall–Kier alpha value is -1.85. The number of amides is 1. The van der Waals surface area contributed by atoms with E-state index in [-0.39, 0.29) is 28.9 Å². The first-order chi connectivity index (χ1) is 11.6. The molecule has 7 heteroatoms. The van der Waals surface area contributed by atoms with E-state index < -0.39 is 0 Å². The molecule has 3 rings (SSSR count). The third kappa shape index (κ3) is 4.58. The maximum absolute atomic E-state index is 12.1. The highest BCUT2D eigenvalue weighted by Gasteiger charge is 2.24. The molecule has 1 saturated carbocycles. The quantitative estimate of drug-likeness (QED) is 0.891. The number of rotatable bonds is 4. The lowest BCUT2D eigenvalue weighted by atomic mass is 9.93. The van der Waals surface area contributed by atoms with E-state index >= 15 is 0 Å². The number of carbonyl (C=O) groups is 1. The van der Waals surface area contributed by atoms with Crippen LogP contribution in [-0.2, 0) is 0 Å². The van der Waals surface area contributed by atoms with Gasteiger partial charge in [-0.15, -0.1) is 10.2 Å². The number of hydrogen-bond donors (Lipinski definition) is 1. The third-order valence-electron chi connectivity index (χ3n) is 3.97. The topological polar surface area (TPSA) is 64.1 Å². The first kappa shape index (κ1) is 17.0. The molecule has 0 bridgehead atoms. The number of ether oxygens (including phenoxy) is 1. The number of aromatic nitrogens is 2. The van der Waals surface area contributed by atoms with Crippen LogP contribution in [0.2, 0.25) is 10.2 Å². The summed E-state index contributed by atoms with van der Waals surface area (Å²) >= 11 is 11.6. The van der Waals surface area contributed by atoms with Crippen LogP contribution in [0.3, 0.4) is 0 Å². The fraction of sp³-hybridized carbons (Fsp3) is 0.353. The van der Waals surface area contributed by atoms with Crippen LogP contribution in [0.25, 0.3) is 0 Å².